The van der Waals surface area contributed by atoms with Crippen molar-refractivity contribution >= 4 is 0 Å². The molecule has 3 heteroatoms. The largest absolute Gasteiger partial charge is 0.264 e. The highest BCUT2D eigenvalue weighted by molar-refractivity contribution is 4.78. The average Bonchev–Trinajstić information content (AvgIpc) is 1.84. The van der Waals surface area contributed by atoms with Crippen LogP contribution in [0, 0.1) is 16.0 Å². The monoisotopic (exact) mass is 129 g/mol. The molecule has 0 aliphatic carbocycles. The van der Waals surface area contributed by atoms with Crippen molar-refractivity contribution in [2.45, 2.75) is 19.9 Å². The van der Waals surface area contributed by atoms with Crippen LogP contribution in [0.2, 0.25) is 0 Å². The minimum atomic E-state index is -0.512. The van der Waals surface area contributed by atoms with Crippen molar-refractivity contribution in [3.05, 3.63) is 22.8 Å². The summed E-state index contributed by atoms with van der Waals surface area (Å²) in [5.74, 6) is -0.0417. The Morgan fingerprint density at radius 3 is 2.22 bits per heavy atom. The molecule has 2 atom stereocenters. The molecule has 0 heterocycles. The third-order valence-electron chi connectivity index (χ3n) is 1.47. The summed E-state index contributed by atoms with van der Waals surface area (Å²) in [6, 6.07) is -0.512. The first-order valence-corrected chi connectivity index (χ1v) is 2.85. The Labute approximate surface area is 54.5 Å². The van der Waals surface area contributed by atoms with Gasteiger partial charge in [0.25, 0.3) is 0 Å². The van der Waals surface area contributed by atoms with Crippen molar-refractivity contribution in [3.8, 4) is 0 Å². The normalized spacial score (nSPS) is 16.2. The van der Waals surface area contributed by atoms with Crippen molar-refractivity contribution in [3.63, 3.8) is 0 Å². The van der Waals surface area contributed by atoms with Crippen LogP contribution in [0.3, 0.4) is 0 Å². The minimum Gasteiger partial charge on any atom is -0.264 e. The molecule has 0 aliphatic heterocycles. The highest BCUT2D eigenvalue weighted by Crippen LogP contribution is 2.05. The molecule has 0 radical (unpaired) electrons. The molecular formula is C6H11NO2. The van der Waals surface area contributed by atoms with Crippen molar-refractivity contribution < 1.29 is 4.92 Å². The first-order valence-electron chi connectivity index (χ1n) is 2.85. The fraction of sp³-hybridized carbons (Fsp3) is 0.667. The molecule has 0 N–H and O–H groups in total. The molecule has 0 amide bonds. The van der Waals surface area contributed by atoms with Crippen LogP contribution >= 0.6 is 0 Å². The van der Waals surface area contributed by atoms with E-state index in [0.29, 0.717) is 0 Å². The van der Waals surface area contributed by atoms with E-state index in [1.807, 2.05) is 0 Å². The van der Waals surface area contributed by atoms with E-state index in [9.17, 15) is 10.1 Å². The van der Waals surface area contributed by atoms with Gasteiger partial charge in [-0.05, 0) is 0 Å². The van der Waals surface area contributed by atoms with Crippen molar-refractivity contribution in [2.75, 3.05) is 0 Å². The third-order valence-corrected chi connectivity index (χ3v) is 1.47. The van der Waals surface area contributed by atoms with Crippen LogP contribution in [-0.4, -0.2) is 11.0 Å². The van der Waals surface area contributed by atoms with Gasteiger partial charge in [-0.15, -0.1) is 6.58 Å². The maximum atomic E-state index is 10.1. The highest BCUT2D eigenvalue weighted by atomic mass is 16.6. The van der Waals surface area contributed by atoms with Crippen LogP contribution in [0.15, 0.2) is 12.7 Å². The van der Waals surface area contributed by atoms with Gasteiger partial charge in [0.1, 0.15) is 0 Å². The molecule has 0 saturated carbocycles. The van der Waals surface area contributed by atoms with Crippen LogP contribution in [0.5, 0.6) is 0 Å². The number of hydrogen-bond acceptors (Lipinski definition) is 2. The van der Waals surface area contributed by atoms with Crippen molar-refractivity contribution in [1.29, 1.82) is 0 Å². The number of nitro groups is 1. The number of nitrogens with zero attached hydrogens (tertiary/aromatic N) is 1. The lowest BCUT2D eigenvalue weighted by molar-refractivity contribution is -0.524. The minimum absolute atomic E-state index is 0.0417. The van der Waals surface area contributed by atoms with Crippen LogP contribution < -0.4 is 0 Å². The first-order chi connectivity index (χ1) is 4.09. The van der Waals surface area contributed by atoms with Crippen LogP contribution in [-0.2, 0) is 0 Å². The SMILES string of the molecule is C=CC(C)[C@@H](C)[N+](=O)[O-]. The van der Waals surface area contributed by atoms with Gasteiger partial charge in [0, 0.05) is 17.8 Å². The predicted octanol–water partition coefficient (Wildman–Crippen LogP) is 1.47. The van der Waals surface area contributed by atoms with E-state index in [2.05, 4.69) is 6.58 Å². The van der Waals surface area contributed by atoms with Gasteiger partial charge >= 0.3 is 0 Å². The summed E-state index contributed by atoms with van der Waals surface area (Å²) in [5, 5.41) is 10.1. The van der Waals surface area contributed by atoms with Gasteiger partial charge in [-0.25, -0.2) is 0 Å². The highest BCUT2D eigenvalue weighted by Gasteiger charge is 2.17. The molecule has 0 rings (SSSR count). The second kappa shape index (κ2) is 3.22. The van der Waals surface area contributed by atoms with Crippen molar-refractivity contribution in [1.82, 2.24) is 0 Å². The van der Waals surface area contributed by atoms with E-state index >= 15 is 0 Å². The first kappa shape index (κ1) is 8.14. The molecule has 0 spiro atoms. The Hall–Kier alpha value is -0.860. The Bertz CT molecular complexity index is 122. The fourth-order valence-corrected chi connectivity index (χ4v) is 0.389. The van der Waals surface area contributed by atoms with Crippen molar-refractivity contribution in [2.24, 2.45) is 5.92 Å². The van der Waals surface area contributed by atoms with Gasteiger partial charge < -0.3 is 0 Å². The molecule has 0 aromatic rings. The van der Waals surface area contributed by atoms with Gasteiger partial charge in [-0.2, -0.15) is 0 Å². The van der Waals surface area contributed by atoms with E-state index in [1.165, 1.54) is 0 Å². The molecular weight excluding hydrogens is 118 g/mol. The van der Waals surface area contributed by atoms with Gasteiger partial charge in [0.05, 0.1) is 0 Å². The van der Waals surface area contributed by atoms with Crippen LogP contribution in [0.1, 0.15) is 13.8 Å². The lowest BCUT2D eigenvalue weighted by Gasteiger charge is -2.06. The Morgan fingerprint density at radius 2 is 2.11 bits per heavy atom. The average molecular weight is 129 g/mol. The number of hydrogen-bond donors (Lipinski definition) is 0. The topological polar surface area (TPSA) is 43.1 Å². The van der Waals surface area contributed by atoms with Crippen LogP contribution in [0.25, 0.3) is 0 Å². The molecule has 0 fully saturated rings. The molecule has 0 saturated heterocycles. The van der Waals surface area contributed by atoms with Crippen LogP contribution in [0.4, 0.5) is 0 Å². The second-order valence-electron chi connectivity index (χ2n) is 2.12. The molecule has 0 aliphatic rings. The fourth-order valence-electron chi connectivity index (χ4n) is 0.389. The predicted molar refractivity (Wildman–Crippen MR) is 35.8 cm³/mol. The Kier molecular flexibility index (Phi) is 2.91. The molecule has 1 unspecified atom stereocenters. The molecule has 0 aromatic carbocycles. The maximum absolute atomic E-state index is 10.1. The lowest BCUT2D eigenvalue weighted by atomic mass is 10.1. The quantitative estimate of drug-likeness (QED) is 0.329. The zero-order valence-electron chi connectivity index (χ0n) is 5.70. The number of rotatable bonds is 3. The molecule has 9 heavy (non-hydrogen) atoms. The Balaban J connectivity index is 3.86. The second-order valence-corrected chi connectivity index (χ2v) is 2.12. The van der Waals surface area contributed by atoms with Gasteiger partial charge in [-0.3, -0.25) is 10.1 Å². The Morgan fingerprint density at radius 1 is 1.67 bits per heavy atom. The molecule has 3 nitrogen and oxygen atoms in total. The summed E-state index contributed by atoms with van der Waals surface area (Å²) in [4.78, 5) is 9.76. The van der Waals surface area contributed by atoms with Gasteiger partial charge in [-0.1, -0.05) is 13.0 Å². The van der Waals surface area contributed by atoms with Gasteiger partial charge in [0.15, 0.2) is 0 Å². The molecule has 0 bridgehead atoms. The summed E-state index contributed by atoms with van der Waals surface area (Å²) in [6.07, 6.45) is 1.59. The summed E-state index contributed by atoms with van der Waals surface area (Å²) < 4.78 is 0. The smallest absolute Gasteiger partial charge is 0.216 e. The summed E-state index contributed by atoms with van der Waals surface area (Å²) in [5.41, 5.74) is 0. The summed E-state index contributed by atoms with van der Waals surface area (Å²) >= 11 is 0. The van der Waals surface area contributed by atoms with E-state index in [-0.39, 0.29) is 10.8 Å². The zero-order valence-corrected chi connectivity index (χ0v) is 5.70. The van der Waals surface area contributed by atoms with E-state index in [4.69, 9.17) is 0 Å². The summed E-state index contributed by atoms with van der Waals surface area (Å²) in [7, 11) is 0. The lowest BCUT2D eigenvalue weighted by Crippen LogP contribution is -2.21. The standard InChI is InChI=1S/C6H11NO2/c1-4-5(2)6(3)7(8)9/h4-6H,1H2,2-3H3/t5?,6-/m1/s1. The van der Waals surface area contributed by atoms with E-state index in [0.717, 1.165) is 0 Å². The van der Waals surface area contributed by atoms with Gasteiger partial charge in [0.2, 0.25) is 6.04 Å². The maximum Gasteiger partial charge on any atom is 0.216 e. The van der Waals surface area contributed by atoms with E-state index in [1.54, 1.807) is 19.9 Å². The zero-order chi connectivity index (χ0) is 7.44. The molecule has 0 aromatic heterocycles. The third kappa shape index (κ3) is 2.26. The summed E-state index contributed by atoms with van der Waals surface area (Å²) in [6.45, 7) is 6.81. The molecule has 52 valence electrons. The van der Waals surface area contributed by atoms with E-state index < -0.39 is 6.04 Å².